The summed E-state index contributed by atoms with van der Waals surface area (Å²) >= 11 is 0. The minimum Gasteiger partial charge on any atom is -0.493 e. The van der Waals surface area contributed by atoms with Gasteiger partial charge in [-0.1, -0.05) is 278 Å². The first-order chi connectivity index (χ1) is 35.0. The summed E-state index contributed by atoms with van der Waals surface area (Å²) < 4.78 is 1.68. The van der Waals surface area contributed by atoms with E-state index >= 15 is 0 Å². The lowest BCUT2D eigenvalue weighted by atomic mass is 9.91. The van der Waals surface area contributed by atoms with E-state index in [0.717, 1.165) is 56.3 Å². The number of benzene rings is 2. The smallest absolute Gasteiger partial charge is 0.215 e. The molecule has 0 aliphatic carbocycles. The quantitative estimate of drug-likeness (QED) is 0.0466. The van der Waals surface area contributed by atoms with Gasteiger partial charge in [0, 0.05) is 16.7 Å². The van der Waals surface area contributed by atoms with Gasteiger partial charge in [-0.2, -0.15) is 0 Å². The molecule has 2 aromatic carbocycles. The van der Waals surface area contributed by atoms with Crippen molar-refractivity contribution in [2.45, 2.75) is 330 Å². The summed E-state index contributed by atoms with van der Waals surface area (Å²) in [5.74, 6) is 0. The standard InChI is InChI=1S/C69H116N2/c1-7-13-19-21-22-23-24-25-26-27-28-29-30-31-32-33-34-35-36-37-38-39-40-41-47-53-67-66(52-46-20-14-8-2)68(64-56-60(48-42-15-9-3)54-61(57-64)49-43-16-10-4)71(70)69(67)65-58-62(50-44-17-11-5)55-63(59-65)51-45-18-12-6/h47,53-59H,7-46,48-52H2,1-6H3. The lowest BCUT2D eigenvalue weighted by Gasteiger charge is -2.15. The van der Waals surface area contributed by atoms with Crippen LogP contribution in [-0.2, 0) is 25.7 Å². The van der Waals surface area contributed by atoms with Crippen molar-refractivity contribution in [3.63, 3.8) is 0 Å². The molecular weight excluding hydrogens is 857 g/mol. The number of aryl methyl sites for hydroxylation is 4. The molecule has 1 aliphatic rings. The molecule has 1 aliphatic heterocycles. The van der Waals surface area contributed by atoms with Gasteiger partial charge in [-0.25, -0.2) is 4.70 Å². The fourth-order valence-corrected chi connectivity index (χ4v) is 11.3. The van der Waals surface area contributed by atoms with Crippen LogP contribution in [0.4, 0.5) is 0 Å². The van der Waals surface area contributed by atoms with Crippen LogP contribution in [0.5, 0.6) is 0 Å². The second-order valence-electron chi connectivity index (χ2n) is 22.6. The molecule has 0 saturated heterocycles. The van der Waals surface area contributed by atoms with Crippen LogP contribution < -0.4 is 0 Å². The van der Waals surface area contributed by atoms with Crippen molar-refractivity contribution in [1.82, 2.24) is 0 Å². The number of rotatable bonds is 48. The topological polar surface area (TPSA) is 25.3 Å². The SMILES string of the molecule is CCCCCCCCCCCCCCCCCCCCCCCCCC=CC1=C(c2cc(CCCCC)cc(CCCCC)c2)[N+](=[N-])C(c2cc(CCCCC)cc(CCCCC)c2)=C1CCCCCC. The second kappa shape index (κ2) is 42.6. The minimum atomic E-state index is 1.000. The van der Waals surface area contributed by atoms with Crippen LogP contribution in [0, 0.1) is 0 Å². The van der Waals surface area contributed by atoms with Gasteiger partial charge in [0.2, 0.25) is 11.4 Å². The van der Waals surface area contributed by atoms with Gasteiger partial charge in [0.1, 0.15) is 0 Å². The summed E-state index contributed by atoms with van der Waals surface area (Å²) in [4.78, 5) is 0. The van der Waals surface area contributed by atoms with Gasteiger partial charge < -0.3 is 5.53 Å². The van der Waals surface area contributed by atoms with Gasteiger partial charge in [0.15, 0.2) is 0 Å². The number of allylic oxidation sites excluding steroid dienone is 4. The Hall–Kier alpha value is -2.74. The molecule has 0 radical (unpaired) electrons. The average molecular weight is 974 g/mol. The number of hydrogen-bond donors (Lipinski definition) is 0. The third-order valence-corrected chi connectivity index (χ3v) is 15.8. The number of hydrogen-bond acceptors (Lipinski definition) is 0. The van der Waals surface area contributed by atoms with E-state index in [2.05, 4.69) is 90.1 Å². The highest BCUT2D eigenvalue weighted by atomic mass is 15.2. The largest absolute Gasteiger partial charge is 0.493 e. The first-order valence-corrected chi connectivity index (χ1v) is 31.9. The number of nitrogens with zero attached hydrogens (tertiary/aromatic N) is 2. The van der Waals surface area contributed by atoms with Crippen molar-refractivity contribution < 1.29 is 4.70 Å². The van der Waals surface area contributed by atoms with Crippen LogP contribution in [0.25, 0.3) is 16.9 Å². The van der Waals surface area contributed by atoms with Gasteiger partial charge in [0.05, 0.1) is 5.57 Å². The average Bonchev–Trinajstić information content (AvgIpc) is 3.65. The van der Waals surface area contributed by atoms with E-state index in [4.69, 9.17) is 0 Å². The molecular formula is C69H116N2. The summed E-state index contributed by atoms with van der Waals surface area (Å²) in [5, 5.41) is 0. The molecule has 3 rings (SSSR count). The molecule has 0 N–H and O–H groups in total. The molecule has 0 spiro atoms. The maximum absolute atomic E-state index is 12.9. The van der Waals surface area contributed by atoms with Crippen LogP contribution >= 0.6 is 0 Å². The fraction of sp³-hybridized carbons (Fsp3) is 0.739. The summed E-state index contributed by atoms with van der Waals surface area (Å²) in [6.45, 7) is 13.9. The summed E-state index contributed by atoms with van der Waals surface area (Å²) in [6, 6.07) is 14.8. The lowest BCUT2D eigenvalue weighted by Crippen LogP contribution is -2.05. The molecule has 0 aromatic heterocycles. The van der Waals surface area contributed by atoms with E-state index in [9.17, 15) is 5.53 Å². The molecule has 2 aromatic rings. The predicted molar refractivity (Wildman–Crippen MR) is 318 cm³/mol. The molecule has 2 nitrogen and oxygen atoms in total. The van der Waals surface area contributed by atoms with Crippen LogP contribution in [0.3, 0.4) is 0 Å². The van der Waals surface area contributed by atoms with Crippen molar-refractivity contribution in [3.05, 3.63) is 98.6 Å². The zero-order valence-electron chi connectivity index (χ0n) is 48.3. The minimum absolute atomic E-state index is 1.000. The van der Waals surface area contributed by atoms with Gasteiger partial charge in [-0.05, 0) is 124 Å². The van der Waals surface area contributed by atoms with E-state index in [1.807, 2.05) is 0 Å². The van der Waals surface area contributed by atoms with Crippen molar-refractivity contribution in [2.24, 2.45) is 0 Å². The third kappa shape index (κ3) is 27.4. The van der Waals surface area contributed by atoms with E-state index in [1.165, 1.54) is 289 Å². The molecule has 0 saturated carbocycles. The highest BCUT2D eigenvalue weighted by Gasteiger charge is 2.35. The van der Waals surface area contributed by atoms with E-state index in [1.54, 1.807) is 4.70 Å². The zero-order chi connectivity index (χ0) is 50.8. The first kappa shape index (κ1) is 62.6. The Morgan fingerprint density at radius 3 is 0.915 bits per heavy atom. The maximum atomic E-state index is 12.9. The summed E-state index contributed by atoms with van der Waals surface area (Å²) in [7, 11) is 0. The summed E-state index contributed by atoms with van der Waals surface area (Å²) in [5.41, 5.74) is 25.8. The van der Waals surface area contributed by atoms with E-state index < -0.39 is 0 Å². The molecule has 0 unspecified atom stereocenters. The van der Waals surface area contributed by atoms with Crippen LogP contribution in [0.15, 0.2) is 59.7 Å². The Labute approximate surface area is 443 Å². The molecule has 71 heavy (non-hydrogen) atoms. The van der Waals surface area contributed by atoms with Crippen molar-refractivity contribution in [2.75, 3.05) is 0 Å². The highest BCUT2D eigenvalue weighted by molar-refractivity contribution is 5.84. The molecule has 0 atom stereocenters. The second-order valence-corrected chi connectivity index (χ2v) is 22.6. The maximum Gasteiger partial charge on any atom is 0.215 e. The molecule has 1 heterocycles. The Morgan fingerprint density at radius 1 is 0.310 bits per heavy atom. The number of unbranched alkanes of at least 4 members (excludes halogenated alkanes) is 34. The Kier molecular flexibility index (Phi) is 37.5. The first-order valence-electron chi connectivity index (χ1n) is 31.9. The van der Waals surface area contributed by atoms with Crippen molar-refractivity contribution >= 4 is 11.4 Å². The normalized spacial score (nSPS) is 13.1. The van der Waals surface area contributed by atoms with E-state index in [0.29, 0.717) is 0 Å². The monoisotopic (exact) mass is 973 g/mol. The Morgan fingerprint density at radius 2 is 0.577 bits per heavy atom. The predicted octanol–water partition coefficient (Wildman–Crippen LogP) is 23.7. The fourth-order valence-electron chi connectivity index (χ4n) is 11.3. The van der Waals surface area contributed by atoms with Gasteiger partial charge in [0.25, 0.3) is 0 Å². The van der Waals surface area contributed by atoms with Crippen molar-refractivity contribution in [1.29, 1.82) is 0 Å². The molecule has 0 amide bonds. The molecule has 402 valence electrons. The van der Waals surface area contributed by atoms with Crippen LogP contribution in [0.2, 0.25) is 0 Å². The van der Waals surface area contributed by atoms with Crippen molar-refractivity contribution in [3.8, 4) is 0 Å². The van der Waals surface area contributed by atoms with Crippen LogP contribution in [-0.4, -0.2) is 4.70 Å². The molecule has 0 bridgehead atoms. The van der Waals surface area contributed by atoms with Crippen LogP contribution in [0.1, 0.15) is 338 Å². The molecule has 2 heteroatoms. The Balaban J connectivity index is 1.69. The zero-order valence-corrected chi connectivity index (χ0v) is 48.3. The molecule has 0 fully saturated rings. The lowest BCUT2D eigenvalue weighted by molar-refractivity contribution is -0.345. The van der Waals surface area contributed by atoms with E-state index in [-0.39, 0.29) is 0 Å². The van der Waals surface area contributed by atoms with Gasteiger partial charge in [-0.15, -0.1) is 0 Å². The highest BCUT2D eigenvalue weighted by Crippen LogP contribution is 2.44. The summed E-state index contributed by atoms with van der Waals surface area (Å²) in [6.07, 6.45) is 64.1. The van der Waals surface area contributed by atoms with Gasteiger partial charge in [-0.3, -0.25) is 0 Å². The Bertz CT molecular complexity index is 1680. The van der Waals surface area contributed by atoms with Gasteiger partial charge >= 0.3 is 0 Å². The third-order valence-electron chi connectivity index (χ3n) is 15.8.